The average Bonchev–Trinajstić information content (AvgIpc) is 2.98. The summed E-state index contributed by atoms with van der Waals surface area (Å²) in [5, 5.41) is 1.14. The van der Waals surface area contributed by atoms with E-state index in [1.54, 1.807) is 11.3 Å². The summed E-state index contributed by atoms with van der Waals surface area (Å²) in [7, 11) is 0. The molecule has 3 nitrogen and oxygen atoms in total. The van der Waals surface area contributed by atoms with Crippen LogP contribution in [-0.2, 0) is 0 Å². The van der Waals surface area contributed by atoms with Gasteiger partial charge in [0, 0.05) is 13.1 Å². The zero-order valence-electron chi connectivity index (χ0n) is 10.4. The van der Waals surface area contributed by atoms with E-state index in [1.165, 1.54) is 17.5 Å². The molecule has 0 amide bonds. The number of rotatable bonds is 3. The topological polar surface area (TPSA) is 25.4 Å². The van der Waals surface area contributed by atoms with Crippen molar-refractivity contribution in [2.24, 2.45) is 0 Å². The molecule has 2 aromatic rings. The number of benzene rings is 1. The van der Waals surface area contributed by atoms with Crippen molar-refractivity contribution in [3.63, 3.8) is 0 Å². The van der Waals surface area contributed by atoms with Crippen LogP contribution < -0.4 is 9.64 Å². The van der Waals surface area contributed by atoms with Crippen LogP contribution in [0, 0.1) is 0 Å². The first-order valence-electron chi connectivity index (χ1n) is 6.16. The van der Waals surface area contributed by atoms with Gasteiger partial charge in [-0.2, -0.15) is 0 Å². The highest BCUT2D eigenvalue weighted by molar-refractivity contribution is 7.22. The summed E-state index contributed by atoms with van der Waals surface area (Å²) in [5.74, 6) is 0.909. The number of para-hydroxylation sites is 1. The third-order valence-corrected chi connectivity index (χ3v) is 4.13. The molecule has 1 fully saturated rings. The molecule has 0 spiro atoms. The van der Waals surface area contributed by atoms with Gasteiger partial charge in [-0.05, 0) is 31.9 Å². The van der Waals surface area contributed by atoms with Crippen molar-refractivity contribution in [3.05, 3.63) is 18.2 Å². The summed E-state index contributed by atoms with van der Waals surface area (Å²) in [6.45, 7) is 4.98. The maximum absolute atomic E-state index is 5.62. The average molecular weight is 285 g/mol. The van der Waals surface area contributed by atoms with Crippen LogP contribution in [0.25, 0.3) is 10.2 Å². The Morgan fingerprint density at radius 2 is 2.11 bits per heavy atom. The predicted molar refractivity (Wildman–Crippen MR) is 79.5 cm³/mol. The van der Waals surface area contributed by atoms with Gasteiger partial charge < -0.3 is 9.64 Å². The molecule has 0 radical (unpaired) electrons. The molecule has 1 aromatic heterocycles. The zero-order valence-corrected chi connectivity index (χ0v) is 12.0. The van der Waals surface area contributed by atoms with Gasteiger partial charge in [0.2, 0.25) is 0 Å². The molecule has 3 rings (SSSR count). The molecule has 98 valence electrons. The Hall–Kier alpha value is -1.00. The number of hydrogen-bond donors (Lipinski definition) is 0. The van der Waals surface area contributed by atoms with E-state index in [-0.39, 0.29) is 12.4 Å². The first-order valence-corrected chi connectivity index (χ1v) is 6.97. The van der Waals surface area contributed by atoms with E-state index in [0.717, 1.165) is 29.5 Å². The van der Waals surface area contributed by atoms with E-state index in [0.29, 0.717) is 6.61 Å². The minimum Gasteiger partial charge on any atom is -0.492 e. The van der Waals surface area contributed by atoms with E-state index >= 15 is 0 Å². The summed E-state index contributed by atoms with van der Waals surface area (Å²) >= 11 is 1.77. The Morgan fingerprint density at radius 1 is 1.33 bits per heavy atom. The van der Waals surface area contributed by atoms with Gasteiger partial charge in [0.25, 0.3) is 0 Å². The summed E-state index contributed by atoms with van der Waals surface area (Å²) < 4.78 is 6.84. The van der Waals surface area contributed by atoms with E-state index in [9.17, 15) is 0 Å². The molecule has 0 N–H and O–H groups in total. The maximum atomic E-state index is 5.62. The molecule has 0 atom stereocenters. The Balaban J connectivity index is 0.00000120. The van der Waals surface area contributed by atoms with E-state index in [4.69, 9.17) is 9.72 Å². The van der Waals surface area contributed by atoms with Crippen LogP contribution in [0.2, 0.25) is 0 Å². The molecule has 1 aliphatic heterocycles. The van der Waals surface area contributed by atoms with Crippen LogP contribution in [0.1, 0.15) is 19.8 Å². The lowest BCUT2D eigenvalue weighted by Gasteiger charge is -2.11. The highest BCUT2D eigenvalue weighted by atomic mass is 35.5. The van der Waals surface area contributed by atoms with Gasteiger partial charge >= 0.3 is 0 Å². The molecule has 1 aliphatic rings. The van der Waals surface area contributed by atoms with Crippen LogP contribution in [0.4, 0.5) is 5.13 Å². The molecule has 0 unspecified atom stereocenters. The molecular weight excluding hydrogens is 268 g/mol. The van der Waals surface area contributed by atoms with Crippen LogP contribution in [0.3, 0.4) is 0 Å². The van der Waals surface area contributed by atoms with Gasteiger partial charge in [-0.1, -0.05) is 17.4 Å². The fourth-order valence-corrected chi connectivity index (χ4v) is 3.26. The molecular formula is C13H17ClN2OS. The van der Waals surface area contributed by atoms with Crippen molar-refractivity contribution in [2.45, 2.75) is 19.8 Å². The molecule has 1 aromatic carbocycles. The molecule has 5 heteroatoms. The SMILES string of the molecule is CCOc1cccc2sc(N3CCCC3)nc12.Cl. The minimum atomic E-state index is 0. The fourth-order valence-electron chi connectivity index (χ4n) is 2.23. The first kappa shape index (κ1) is 13.4. The van der Waals surface area contributed by atoms with Gasteiger partial charge in [0.1, 0.15) is 11.3 Å². The molecule has 2 heterocycles. The second-order valence-corrected chi connectivity index (χ2v) is 5.24. The normalized spacial score (nSPS) is 14.8. The second kappa shape index (κ2) is 5.76. The van der Waals surface area contributed by atoms with E-state index in [2.05, 4.69) is 11.0 Å². The van der Waals surface area contributed by atoms with Crippen molar-refractivity contribution in [1.29, 1.82) is 0 Å². The first-order chi connectivity index (χ1) is 8.38. The summed E-state index contributed by atoms with van der Waals surface area (Å²) in [6, 6.07) is 6.16. The number of thiazole rings is 1. The van der Waals surface area contributed by atoms with Crippen LogP contribution >= 0.6 is 23.7 Å². The lowest BCUT2D eigenvalue weighted by Crippen LogP contribution is -2.16. The van der Waals surface area contributed by atoms with Crippen LogP contribution in [0.15, 0.2) is 18.2 Å². The Bertz CT molecular complexity index is 523. The largest absolute Gasteiger partial charge is 0.492 e. The summed E-state index contributed by atoms with van der Waals surface area (Å²) in [5.41, 5.74) is 1.02. The number of aromatic nitrogens is 1. The molecule has 0 bridgehead atoms. The van der Waals surface area contributed by atoms with E-state index < -0.39 is 0 Å². The van der Waals surface area contributed by atoms with Gasteiger partial charge in [0.05, 0.1) is 11.3 Å². The number of nitrogens with zero attached hydrogens (tertiary/aromatic N) is 2. The molecule has 0 aliphatic carbocycles. The number of ether oxygens (including phenoxy) is 1. The van der Waals surface area contributed by atoms with Crippen molar-refractivity contribution >= 4 is 39.1 Å². The van der Waals surface area contributed by atoms with Crippen molar-refractivity contribution in [1.82, 2.24) is 4.98 Å². The number of fused-ring (bicyclic) bond motifs is 1. The van der Waals surface area contributed by atoms with Crippen LogP contribution in [-0.4, -0.2) is 24.7 Å². The monoisotopic (exact) mass is 284 g/mol. The third-order valence-electron chi connectivity index (χ3n) is 3.05. The summed E-state index contributed by atoms with van der Waals surface area (Å²) in [6.07, 6.45) is 2.57. The highest BCUT2D eigenvalue weighted by Gasteiger charge is 2.17. The Morgan fingerprint density at radius 3 is 2.83 bits per heavy atom. The fraction of sp³-hybridized carbons (Fsp3) is 0.462. The van der Waals surface area contributed by atoms with Crippen molar-refractivity contribution < 1.29 is 4.74 Å². The molecule has 1 saturated heterocycles. The lowest BCUT2D eigenvalue weighted by atomic mass is 10.3. The number of halogens is 1. The smallest absolute Gasteiger partial charge is 0.186 e. The van der Waals surface area contributed by atoms with Crippen molar-refractivity contribution in [2.75, 3.05) is 24.6 Å². The standard InChI is InChI=1S/C13H16N2OS.ClH/c1-2-16-10-6-5-7-11-12(10)14-13(17-11)15-8-3-4-9-15;/h5-7H,2-4,8-9H2,1H3;1H. The minimum absolute atomic E-state index is 0. The quantitative estimate of drug-likeness (QED) is 0.859. The van der Waals surface area contributed by atoms with Crippen LogP contribution in [0.5, 0.6) is 5.75 Å². The van der Waals surface area contributed by atoms with Gasteiger partial charge in [0.15, 0.2) is 5.13 Å². The lowest BCUT2D eigenvalue weighted by molar-refractivity contribution is 0.344. The summed E-state index contributed by atoms with van der Waals surface area (Å²) in [4.78, 5) is 7.11. The van der Waals surface area contributed by atoms with Gasteiger partial charge in [-0.3, -0.25) is 0 Å². The second-order valence-electron chi connectivity index (χ2n) is 4.23. The maximum Gasteiger partial charge on any atom is 0.186 e. The predicted octanol–water partition coefficient (Wildman–Crippen LogP) is 3.72. The third kappa shape index (κ3) is 2.40. The van der Waals surface area contributed by atoms with Crippen molar-refractivity contribution in [3.8, 4) is 5.75 Å². The zero-order chi connectivity index (χ0) is 11.7. The van der Waals surface area contributed by atoms with E-state index in [1.807, 2.05) is 19.1 Å². The number of hydrogen-bond acceptors (Lipinski definition) is 4. The molecule has 0 saturated carbocycles. The van der Waals surface area contributed by atoms with Gasteiger partial charge in [-0.15, -0.1) is 12.4 Å². The Labute approximate surface area is 117 Å². The number of anilines is 1. The molecule has 18 heavy (non-hydrogen) atoms. The highest BCUT2D eigenvalue weighted by Crippen LogP contribution is 2.35. The van der Waals surface area contributed by atoms with Gasteiger partial charge in [-0.25, -0.2) is 4.98 Å². The Kier molecular flexibility index (Phi) is 4.30.